The fourth-order valence-electron chi connectivity index (χ4n) is 1.30. The Morgan fingerprint density at radius 2 is 0.517 bits per heavy atom. The normalized spacial score (nSPS) is 18.8. The molecule has 8 N–H and O–H groups in total. The molecule has 0 saturated heterocycles. The van der Waals surface area contributed by atoms with Gasteiger partial charge in [0, 0.05) is 0 Å². The Bertz CT molecular complexity index is 458. The molecule has 0 aliphatic heterocycles. The third-order valence-electron chi connectivity index (χ3n) is 2.96. The predicted molar refractivity (Wildman–Crippen MR) is 73.8 cm³/mol. The molecule has 16 nitrogen and oxygen atoms in total. The van der Waals surface area contributed by atoms with Crippen molar-refractivity contribution >= 4 is 47.8 Å². The molecule has 0 aromatic heterocycles. The SMILES string of the molecule is O=C([O-])[C@@H](O)[C@@H](O)[C@H](O)[C@@H](O)C(=O)[O-].O=C([O-])[C@@H](O)[C@@H](O)[C@H](O)[C@@H](O)C(=O)[O-].[Sn+4]. The number of aliphatic hydroxyl groups is 8. The molecule has 0 aliphatic rings. The minimum atomic E-state index is -2.50. The average molecular weight is 535 g/mol. The minimum absolute atomic E-state index is 0. The first-order chi connectivity index (χ1) is 12.6. The molecule has 17 heteroatoms. The van der Waals surface area contributed by atoms with E-state index in [4.69, 9.17) is 40.9 Å². The monoisotopic (exact) mass is 536 g/mol. The van der Waals surface area contributed by atoms with Crippen molar-refractivity contribution in [2.45, 2.75) is 48.8 Å². The van der Waals surface area contributed by atoms with Crippen molar-refractivity contribution in [3.8, 4) is 0 Å². The number of carbonyl (C=O) groups is 4. The van der Waals surface area contributed by atoms with Crippen LogP contribution in [0.5, 0.6) is 0 Å². The van der Waals surface area contributed by atoms with Gasteiger partial charge in [0.15, 0.2) is 0 Å². The Hall–Kier alpha value is -1.64. The van der Waals surface area contributed by atoms with Crippen molar-refractivity contribution in [3.63, 3.8) is 0 Å². The Labute approximate surface area is 177 Å². The van der Waals surface area contributed by atoms with E-state index >= 15 is 0 Å². The van der Waals surface area contributed by atoms with E-state index in [2.05, 4.69) is 0 Å². The Balaban J connectivity index is -0.000000451. The van der Waals surface area contributed by atoms with Crippen LogP contribution < -0.4 is 20.4 Å². The topological polar surface area (TPSA) is 322 Å². The van der Waals surface area contributed by atoms with Crippen molar-refractivity contribution in [3.05, 3.63) is 0 Å². The molecule has 0 amide bonds. The molecule has 29 heavy (non-hydrogen) atoms. The smallest absolute Gasteiger partial charge is 0.547 e. The van der Waals surface area contributed by atoms with Crippen LogP contribution in [0.2, 0.25) is 0 Å². The summed E-state index contributed by atoms with van der Waals surface area (Å²) in [4.78, 5) is 39.8. The maximum atomic E-state index is 9.96. The van der Waals surface area contributed by atoms with Gasteiger partial charge in [0.1, 0.15) is 48.8 Å². The fourth-order valence-corrected chi connectivity index (χ4v) is 1.30. The van der Waals surface area contributed by atoms with E-state index in [0.29, 0.717) is 0 Å². The standard InChI is InChI=1S/2C6H10O8.Sn/c2*7-1(3(9)5(11)12)2(8)4(10)6(13)14;/h2*1-4,7-10H,(H,11,12)(H,13,14);/q;;+4/p-4/t2*1-,2-,3-,4+;/m00./s1. The average Bonchev–Trinajstić information content (AvgIpc) is 2.62. The van der Waals surface area contributed by atoms with E-state index in [1.165, 1.54) is 0 Å². The molecule has 0 saturated carbocycles. The first kappa shape index (κ1) is 32.0. The zero-order chi connectivity index (χ0) is 22.9. The molecule has 0 unspecified atom stereocenters. The van der Waals surface area contributed by atoms with Gasteiger partial charge in [-0.25, -0.2) is 0 Å². The van der Waals surface area contributed by atoms with E-state index < -0.39 is 72.7 Å². The second kappa shape index (κ2) is 14.4. The van der Waals surface area contributed by atoms with Crippen LogP contribution in [-0.4, -0.2) is 137 Å². The summed E-state index contributed by atoms with van der Waals surface area (Å²) in [7, 11) is 0. The number of rotatable bonds is 10. The molecule has 0 aromatic rings. The molecule has 0 fully saturated rings. The van der Waals surface area contributed by atoms with Crippen LogP contribution in [-0.2, 0) is 19.2 Å². The summed E-state index contributed by atoms with van der Waals surface area (Å²) in [6, 6.07) is 0. The molecule has 0 spiro atoms. The molecular weight excluding hydrogens is 519 g/mol. The van der Waals surface area contributed by atoms with Gasteiger partial charge in [-0.1, -0.05) is 0 Å². The Kier molecular flexibility index (Phi) is 15.9. The van der Waals surface area contributed by atoms with Crippen molar-refractivity contribution in [2.75, 3.05) is 0 Å². The third kappa shape index (κ3) is 10.6. The first-order valence-electron chi connectivity index (χ1n) is 6.85. The van der Waals surface area contributed by atoms with Crippen molar-refractivity contribution in [1.29, 1.82) is 0 Å². The molecule has 0 bridgehead atoms. The number of aliphatic hydroxyl groups excluding tert-OH is 8. The third-order valence-corrected chi connectivity index (χ3v) is 2.96. The van der Waals surface area contributed by atoms with Gasteiger partial charge >= 0.3 is 23.9 Å². The van der Waals surface area contributed by atoms with E-state index in [1.54, 1.807) is 0 Å². The summed E-state index contributed by atoms with van der Waals surface area (Å²) in [6.07, 6.45) is -19.5. The predicted octanol–water partition coefficient (Wildman–Crippen LogP) is -12.5. The second-order valence-electron chi connectivity index (χ2n) is 5.02. The quantitative estimate of drug-likeness (QED) is 0.120. The summed E-state index contributed by atoms with van der Waals surface area (Å²) >= 11 is 0. The van der Waals surface area contributed by atoms with Gasteiger partial charge in [0.2, 0.25) is 0 Å². The van der Waals surface area contributed by atoms with Crippen LogP contribution >= 0.6 is 0 Å². The van der Waals surface area contributed by atoms with E-state index in [-0.39, 0.29) is 23.9 Å². The van der Waals surface area contributed by atoms with Crippen LogP contribution in [0.25, 0.3) is 0 Å². The molecule has 0 heterocycles. The number of carbonyl (C=O) groups excluding carboxylic acids is 4. The number of carboxylic acid groups (broad SMARTS) is 4. The zero-order valence-corrected chi connectivity index (χ0v) is 16.8. The van der Waals surface area contributed by atoms with E-state index in [1.807, 2.05) is 0 Å². The number of aliphatic carboxylic acids is 4. The maximum Gasteiger partial charge on any atom is 4.00 e. The Morgan fingerprint density at radius 3 is 0.586 bits per heavy atom. The molecule has 8 atom stereocenters. The van der Waals surface area contributed by atoms with Gasteiger partial charge < -0.3 is 80.5 Å². The van der Waals surface area contributed by atoms with Crippen molar-refractivity contribution < 1.29 is 80.5 Å². The van der Waals surface area contributed by atoms with Crippen LogP contribution in [0.1, 0.15) is 0 Å². The molecule has 0 radical (unpaired) electrons. The van der Waals surface area contributed by atoms with Gasteiger partial charge in [-0.05, 0) is 0 Å². The largest absolute Gasteiger partial charge is 4.00 e. The molecule has 0 aliphatic carbocycles. The number of hydrogen-bond donors (Lipinski definition) is 8. The van der Waals surface area contributed by atoms with Crippen LogP contribution in [0.4, 0.5) is 0 Å². The minimum Gasteiger partial charge on any atom is -0.547 e. The molecular formula is C12H16O16Sn. The summed E-state index contributed by atoms with van der Waals surface area (Å²) in [5, 5.41) is 109. The maximum absolute atomic E-state index is 9.96. The zero-order valence-electron chi connectivity index (χ0n) is 14.0. The molecule has 0 rings (SSSR count). The first-order valence-corrected chi connectivity index (χ1v) is 6.85. The van der Waals surface area contributed by atoms with Crippen LogP contribution in [0, 0.1) is 0 Å². The molecule has 0 aromatic carbocycles. The summed E-state index contributed by atoms with van der Waals surface area (Å²) in [5.74, 6) is -8.44. The van der Waals surface area contributed by atoms with Crippen LogP contribution in [0.3, 0.4) is 0 Å². The Morgan fingerprint density at radius 1 is 0.414 bits per heavy atom. The summed E-state index contributed by atoms with van der Waals surface area (Å²) in [6.45, 7) is 0. The van der Waals surface area contributed by atoms with E-state index in [9.17, 15) is 39.6 Å². The fraction of sp³-hybridized carbons (Fsp3) is 0.667. The number of carboxylic acids is 4. The van der Waals surface area contributed by atoms with Gasteiger partial charge in [-0.3, -0.25) is 0 Å². The van der Waals surface area contributed by atoms with Gasteiger partial charge in [-0.2, -0.15) is 0 Å². The second-order valence-corrected chi connectivity index (χ2v) is 5.02. The van der Waals surface area contributed by atoms with Gasteiger partial charge in [0.25, 0.3) is 0 Å². The van der Waals surface area contributed by atoms with Gasteiger partial charge in [-0.15, -0.1) is 0 Å². The van der Waals surface area contributed by atoms with Crippen molar-refractivity contribution in [2.24, 2.45) is 0 Å². The van der Waals surface area contributed by atoms with Crippen LogP contribution in [0.15, 0.2) is 0 Å². The van der Waals surface area contributed by atoms with Gasteiger partial charge in [0.05, 0.1) is 23.9 Å². The summed E-state index contributed by atoms with van der Waals surface area (Å²) in [5.41, 5.74) is 0. The molecule has 164 valence electrons. The van der Waals surface area contributed by atoms with E-state index in [0.717, 1.165) is 0 Å². The van der Waals surface area contributed by atoms with Crippen molar-refractivity contribution in [1.82, 2.24) is 0 Å². The summed E-state index contributed by atoms with van der Waals surface area (Å²) < 4.78 is 0. The number of hydrogen-bond acceptors (Lipinski definition) is 16.